The summed E-state index contributed by atoms with van der Waals surface area (Å²) in [4.78, 5) is 37.1. The van der Waals surface area contributed by atoms with Crippen LogP contribution in [0, 0.1) is 11.7 Å². The molecule has 2 aromatic carbocycles. The van der Waals surface area contributed by atoms with Gasteiger partial charge in [0.2, 0.25) is 0 Å². The molecular formula is C19H23ClFN2O6P. The van der Waals surface area contributed by atoms with E-state index in [0.29, 0.717) is 23.7 Å². The summed E-state index contributed by atoms with van der Waals surface area (Å²) in [6.07, 6.45) is -0.0135. The largest absolute Gasteiger partial charge is 0.466 e. The molecule has 1 atom stereocenters. The number of nitrogens with zero attached hydrogens (tertiary/aromatic N) is 2. The number of likely N-dealkylation sites (tertiary alicyclic amines) is 1. The van der Waals surface area contributed by atoms with Crippen molar-refractivity contribution in [1.29, 1.82) is 0 Å². The molecule has 1 heterocycles. The standard InChI is InChI=1S/C19H20ClFN2O2.H3O4P/c1-22-9-8-13(11-22)12-23(19(24)25)18-5-3-2-4-15(18)14-6-7-17(21)16(20)10-14;1-5(2,3)4/h2-7,10,13H,8-9,11-12H2,1H3,(H,24,25);(H3,1,2,3,4). The van der Waals surface area contributed by atoms with Crippen LogP contribution in [-0.4, -0.2) is 57.5 Å². The first kappa shape index (κ1) is 24.3. The highest BCUT2D eigenvalue weighted by atomic mass is 35.5. The van der Waals surface area contributed by atoms with Crippen LogP contribution in [-0.2, 0) is 4.57 Å². The van der Waals surface area contributed by atoms with Crippen LogP contribution >= 0.6 is 19.4 Å². The van der Waals surface area contributed by atoms with Gasteiger partial charge in [-0.15, -0.1) is 0 Å². The first-order valence-corrected chi connectivity index (χ1v) is 10.9. The number of phosphoric acid groups is 1. The van der Waals surface area contributed by atoms with Crippen molar-refractivity contribution < 1.29 is 33.5 Å². The monoisotopic (exact) mass is 460 g/mol. The van der Waals surface area contributed by atoms with E-state index in [1.54, 1.807) is 18.2 Å². The molecule has 4 N–H and O–H groups in total. The third-order valence-corrected chi connectivity index (χ3v) is 4.88. The van der Waals surface area contributed by atoms with E-state index in [-0.39, 0.29) is 5.02 Å². The number of hydrogen-bond acceptors (Lipinski definition) is 3. The molecule has 0 aromatic heterocycles. The summed E-state index contributed by atoms with van der Waals surface area (Å²) >= 11 is 5.90. The van der Waals surface area contributed by atoms with Gasteiger partial charge in [-0.2, -0.15) is 0 Å². The Bertz CT molecular complexity index is 933. The average Bonchev–Trinajstić information content (AvgIpc) is 3.05. The maximum absolute atomic E-state index is 13.5. The van der Waals surface area contributed by atoms with Gasteiger partial charge in [0.15, 0.2) is 0 Å². The van der Waals surface area contributed by atoms with Gasteiger partial charge in [-0.3, -0.25) is 4.90 Å². The summed E-state index contributed by atoms with van der Waals surface area (Å²) in [5.41, 5.74) is 2.00. The lowest BCUT2D eigenvalue weighted by Gasteiger charge is -2.25. The zero-order valence-corrected chi connectivity index (χ0v) is 17.8. The molecule has 3 rings (SSSR count). The number of carbonyl (C=O) groups is 1. The highest BCUT2D eigenvalue weighted by molar-refractivity contribution is 7.45. The third-order valence-electron chi connectivity index (χ3n) is 4.59. The van der Waals surface area contributed by atoms with Crippen molar-refractivity contribution in [2.75, 3.05) is 31.6 Å². The molecule has 1 aliphatic rings. The Kier molecular flexibility index (Phi) is 8.37. The molecule has 0 bridgehead atoms. The van der Waals surface area contributed by atoms with Gasteiger partial charge in [-0.25, -0.2) is 13.8 Å². The normalized spacial score (nSPS) is 16.7. The summed E-state index contributed by atoms with van der Waals surface area (Å²) in [5, 5.41) is 9.77. The Morgan fingerprint density at radius 3 is 2.43 bits per heavy atom. The van der Waals surface area contributed by atoms with E-state index in [9.17, 15) is 14.3 Å². The van der Waals surface area contributed by atoms with Crippen molar-refractivity contribution >= 4 is 31.2 Å². The van der Waals surface area contributed by atoms with E-state index in [1.165, 1.54) is 17.0 Å². The van der Waals surface area contributed by atoms with Crippen molar-refractivity contribution in [1.82, 2.24) is 4.90 Å². The van der Waals surface area contributed by atoms with Crippen molar-refractivity contribution in [3.63, 3.8) is 0 Å². The molecule has 1 aliphatic heterocycles. The SMILES string of the molecule is CN1CCC(CN(C(=O)O)c2ccccc2-c2ccc(F)c(Cl)c2)C1.O=P(O)(O)O. The van der Waals surface area contributed by atoms with Gasteiger partial charge >= 0.3 is 13.9 Å². The molecule has 0 spiro atoms. The van der Waals surface area contributed by atoms with Gasteiger partial charge in [0.1, 0.15) is 5.82 Å². The molecule has 164 valence electrons. The molecule has 11 heteroatoms. The minimum Gasteiger partial charge on any atom is -0.465 e. The summed E-state index contributed by atoms with van der Waals surface area (Å²) in [6.45, 7) is 2.30. The average molecular weight is 461 g/mol. The van der Waals surface area contributed by atoms with Crippen LogP contribution < -0.4 is 4.90 Å². The quantitative estimate of drug-likeness (QED) is 0.514. The second kappa shape index (κ2) is 10.3. The molecule has 30 heavy (non-hydrogen) atoms. The van der Waals surface area contributed by atoms with Crippen LogP contribution in [0.3, 0.4) is 0 Å². The Morgan fingerprint density at radius 2 is 1.90 bits per heavy atom. The zero-order valence-electron chi connectivity index (χ0n) is 16.2. The van der Waals surface area contributed by atoms with E-state index >= 15 is 0 Å². The van der Waals surface area contributed by atoms with Gasteiger partial charge < -0.3 is 24.7 Å². The Morgan fingerprint density at radius 1 is 1.27 bits per heavy atom. The number of halogens is 2. The van der Waals surface area contributed by atoms with Gasteiger partial charge in [0.25, 0.3) is 0 Å². The van der Waals surface area contributed by atoms with Crippen LogP contribution in [0.5, 0.6) is 0 Å². The lowest BCUT2D eigenvalue weighted by Crippen LogP contribution is -2.35. The molecule has 1 saturated heterocycles. The number of benzene rings is 2. The smallest absolute Gasteiger partial charge is 0.465 e. The highest BCUT2D eigenvalue weighted by Gasteiger charge is 2.26. The second-order valence-electron chi connectivity index (χ2n) is 6.97. The molecule has 1 amide bonds. The van der Waals surface area contributed by atoms with Crippen LogP contribution in [0.15, 0.2) is 42.5 Å². The Balaban J connectivity index is 0.000000575. The Hall–Kier alpha value is -2.00. The minimum absolute atomic E-state index is 0.0200. The van der Waals surface area contributed by atoms with Gasteiger partial charge in [0.05, 0.1) is 10.7 Å². The summed E-state index contributed by atoms with van der Waals surface area (Å²) in [7, 11) is -2.60. The lowest BCUT2D eigenvalue weighted by molar-refractivity contribution is 0.200. The van der Waals surface area contributed by atoms with E-state index in [2.05, 4.69) is 4.90 Å². The van der Waals surface area contributed by atoms with Crippen molar-refractivity contribution in [2.24, 2.45) is 5.92 Å². The van der Waals surface area contributed by atoms with Gasteiger partial charge in [0, 0.05) is 18.7 Å². The summed E-state index contributed by atoms with van der Waals surface area (Å²) < 4.78 is 22.3. The summed E-state index contributed by atoms with van der Waals surface area (Å²) in [6, 6.07) is 11.7. The van der Waals surface area contributed by atoms with E-state index in [4.69, 9.17) is 30.8 Å². The van der Waals surface area contributed by atoms with E-state index < -0.39 is 19.7 Å². The first-order valence-electron chi connectivity index (χ1n) is 8.97. The van der Waals surface area contributed by atoms with Crippen molar-refractivity contribution in [3.8, 4) is 11.1 Å². The second-order valence-corrected chi connectivity index (χ2v) is 8.40. The van der Waals surface area contributed by atoms with E-state index in [0.717, 1.165) is 25.1 Å². The van der Waals surface area contributed by atoms with E-state index in [1.807, 2.05) is 19.2 Å². The molecular weight excluding hydrogens is 438 g/mol. The Labute approximate surface area is 178 Å². The molecule has 1 unspecified atom stereocenters. The molecule has 8 nitrogen and oxygen atoms in total. The number of hydrogen-bond donors (Lipinski definition) is 4. The summed E-state index contributed by atoms with van der Waals surface area (Å²) in [5.74, 6) is -0.196. The zero-order chi connectivity index (χ0) is 22.5. The third kappa shape index (κ3) is 7.36. The number of rotatable bonds is 4. The van der Waals surface area contributed by atoms with Gasteiger partial charge in [-0.1, -0.05) is 35.9 Å². The fourth-order valence-corrected chi connectivity index (χ4v) is 3.51. The fraction of sp³-hybridized carbons (Fsp3) is 0.316. The lowest BCUT2D eigenvalue weighted by atomic mass is 10.0. The van der Waals surface area contributed by atoms with Crippen LogP contribution in [0.25, 0.3) is 11.1 Å². The maximum Gasteiger partial charge on any atom is 0.466 e. The predicted octanol–water partition coefficient (Wildman–Crippen LogP) is 3.65. The molecule has 0 aliphatic carbocycles. The van der Waals surface area contributed by atoms with Crippen LogP contribution in [0.2, 0.25) is 5.02 Å². The molecule has 0 saturated carbocycles. The number of carboxylic acid groups (broad SMARTS) is 1. The predicted molar refractivity (Wildman–Crippen MR) is 112 cm³/mol. The maximum atomic E-state index is 13.5. The van der Waals surface area contributed by atoms with Crippen LogP contribution in [0.4, 0.5) is 14.9 Å². The minimum atomic E-state index is -4.64. The highest BCUT2D eigenvalue weighted by Crippen LogP contribution is 2.34. The molecule has 2 aromatic rings. The fourth-order valence-electron chi connectivity index (χ4n) is 3.33. The van der Waals surface area contributed by atoms with Crippen molar-refractivity contribution in [2.45, 2.75) is 6.42 Å². The number of anilines is 1. The molecule has 0 radical (unpaired) electrons. The number of amides is 1. The number of para-hydroxylation sites is 1. The van der Waals surface area contributed by atoms with Gasteiger partial charge in [-0.05, 0) is 49.7 Å². The van der Waals surface area contributed by atoms with Crippen molar-refractivity contribution in [3.05, 3.63) is 53.3 Å². The molecule has 1 fully saturated rings. The topological polar surface area (TPSA) is 122 Å². The first-order chi connectivity index (χ1) is 14.0. The van der Waals surface area contributed by atoms with Crippen LogP contribution in [0.1, 0.15) is 6.42 Å².